The average Bonchev–Trinajstić information content (AvgIpc) is 2.76. The monoisotopic (exact) mass is 174 g/mol. The zero-order chi connectivity index (χ0) is 8.55. The van der Waals surface area contributed by atoms with Crippen molar-refractivity contribution in [3.63, 3.8) is 0 Å². The Morgan fingerprint density at radius 3 is 1.83 bits per heavy atom. The maximum Gasteiger partial charge on any atom is 0.115 e. The minimum atomic E-state index is 0.111. The van der Waals surface area contributed by atoms with Gasteiger partial charge in [0.15, 0.2) is 0 Å². The molecule has 70 valence electrons. The normalized spacial score (nSPS) is 44.5. The highest BCUT2D eigenvalue weighted by Gasteiger charge is 2.57. The van der Waals surface area contributed by atoms with Gasteiger partial charge >= 0.3 is 0 Å². The number of methoxy groups -OCH3 is 2. The molecule has 0 aromatic rings. The molecule has 0 bridgehead atoms. The van der Waals surface area contributed by atoms with Gasteiger partial charge in [0.05, 0.1) is 13.2 Å². The highest BCUT2D eigenvalue weighted by atomic mass is 16.7. The van der Waals surface area contributed by atoms with Crippen molar-refractivity contribution >= 4 is 0 Å². The van der Waals surface area contributed by atoms with E-state index >= 15 is 0 Å². The van der Waals surface area contributed by atoms with E-state index in [9.17, 15) is 0 Å². The molecule has 0 aromatic heterocycles. The van der Waals surface area contributed by atoms with Gasteiger partial charge in [0, 0.05) is 14.2 Å². The van der Waals surface area contributed by atoms with Gasteiger partial charge in [-0.25, -0.2) is 0 Å². The SMILES string of the molecule is COCC1OC(COC)C2OC12. The Kier molecular flexibility index (Phi) is 2.32. The summed E-state index contributed by atoms with van der Waals surface area (Å²) in [5.41, 5.74) is 0. The van der Waals surface area contributed by atoms with E-state index in [-0.39, 0.29) is 24.4 Å². The maximum absolute atomic E-state index is 5.63. The summed E-state index contributed by atoms with van der Waals surface area (Å²) >= 11 is 0. The van der Waals surface area contributed by atoms with Crippen molar-refractivity contribution in [1.82, 2.24) is 0 Å². The molecule has 0 N–H and O–H groups in total. The third-order valence-electron chi connectivity index (χ3n) is 2.31. The molecule has 0 amide bonds. The highest BCUT2D eigenvalue weighted by molar-refractivity contribution is 5.03. The molecule has 2 aliphatic heterocycles. The molecule has 2 rings (SSSR count). The molecule has 4 nitrogen and oxygen atoms in total. The summed E-state index contributed by atoms with van der Waals surface area (Å²) in [6.07, 6.45) is 0.732. The van der Waals surface area contributed by atoms with Crippen LogP contribution in [0.5, 0.6) is 0 Å². The highest BCUT2D eigenvalue weighted by Crippen LogP contribution is 2.39. The molecule has 0 radical (unpaired) electrons. The van der Waals surface area contributed by atoms with Crippen LogP contribution in [0.4, 0.5) is 0 Å². The molecular formula is C8H14O4. The lowest BCUT2D eigenvalue weighted by molar-refractivity contribution is -0.0810. The van der Waals surface area contributed by atoms with Crippen molar-refractivity contribution in [2.45, 2.75) is 24.4 Å². The minimum absolute atomic E-state index is 0.111. The van der Waals surface area contributed by atoms with Gasteiger partial charge in [-0.3, -0.25) is 0 Å². The van der Waals surface area contributed by atoms with Crippen LogP contribution in [0.15, 0.2) is 0 Å². The minimum Gasteiger partial charge on any atom is -0.382 e. The summed E-state index contributed by atoms with van der Waals surface area (Å²) in [6.45, 7) is 1.22. The van der Waals surface area contributed by atoms with Gasteiger partial charge in [0.2, 0.25) is 0 Å². The number of epoxide rings is 1. The molecule has 12 heavy (non-hydrogen) atoms. The Hall–Kier alpha value is -0.160. The third kappa shape index (κ3) is 1.35. The summed E-state index contributed by atoms with van der Waals surface area (Å²) in [4.78, 5) is 0. The van der Waals surface area contributed by atoms with Crippen molar-refractivity contribution in [2.24, 2.45) is 0 Å². The number of rotatable bonds is 4. The van der Waals surface area contributed by atoms with E-state index in [1.807, 2.05) is 0 Å². The van der Waals surface area contributed by atoms with E-state index < -0.39 is 0 Å². The van der Waals surface area contributed by atoms with Crippen LogP contribution in [-0.2, 0) is 18.9 Å². The predicted molar refractivity (Wildman–Crippen MR) is 41.1 cm³/mol. The Morgan fingerprint density at radius 1 is 0.917 bits per heavy atom. The Bertz CT molecular complexity index is 145. The van der Waals surface area contributed by atoms with Gasteiger partial charge in [0.1, 0.15) is 24.4 Å². The zero-order valence-corrected chi connectivity index (χ0v) is 7.36. The van der Waals surface area contributed by atoms with Crippen molar-refractivity contribution in [2.75, 3.05) is 27.4 Å². The summed E-state index contributed by atoms with van der Waals surface area (Å²) in [5.74, 6) is 0. The number of ether oxygens (including phenoxy) is 4. The second-order valence-corrected chi connectivity index (χ2v) is 3.19. The summed E-state index contributed by atoms with van der Waals surface area (Å²) in [6, 6.07) is 0. The molecule has 2 saturated heterocycles. The maximum atomic E-state index is 5.63. The van der Waals surface area contributed by atoms with Crippen LogP contribution in [0.3, 0.4) is 0 Å². The van der Waals surface area contributed by atoms with Crippen LogP contribution in [0, 0.1) is 0 Å². The molecule has 0 aliphatic carbocycles. The Morgan fingerprint density at radius 2 is 1.42 bits per heavy atom. The molecule has 2 aliphatic rings. The number of hydrogen-bond acceptors (Lipinski definition) is 4. The lowest BCUT2D eigenvalue weighted by Crippen LogP contribution is -2.26. The molecule has 2 fully saturated rings. The predicted octanol–water partition coefficient (Wildman–Crippen LogP) is -0.186. The van der Waals surface area contributed by atoms with E-state index in [0.717, 1.165) is 0 Å². The first-order chi connectivity index (χ1) is 5.86. The van der Waals surface area contributed by atoms with Gasteiger partial charge < -0.3 is 18.9 Å². The fraction of sp³-hybridized carbons (Fsp3) is 1.00. The van der Waals surface area contributed by atoms with Crippen LogP contribution in [0.2, 0.25) is 0 Å². The third-order valence-corrected chi connectivity index (χ3v) is 2.31. The Labute approximate surface area is 71.7 Å². The average molecular weight is 174 g/mol. The van der Waals surface area contributed by atoms with Crippen molar-refractivity contribution in [3.8, 4) is 0 Å². The van der Waals surface area contributed by atoms with Crippen LogP contribution in [0.25, 0.3) is 0 Å². The fourth-order valence-corrected chi connectivity index (χ4v) is 1.71. The number of fused-ring (bicyclic) bond motifs is 1. The Balaban J connectivity index is 1.82. The van der Waals surface area contributed by atoms with E-state index in [4.69, 9.17) is 18.9 Å². The topological polar surface area (TPSA) is 40.2 Å². The smallest absolute Gasteiger partial charge is 0.115 e. The summed E-state index contributed by atoms with van der Waals surface area (Å²) < 4.78 is 21.0. The quantitative estimate of drug-likeness (QED) is 0.554. The molecule has 0 spiro atoms. The second-order valence-electron chi connectivity index (χ2n) is 3.19. The molecule has 4 unspecified atom stereocenters. The van der Waals surface area contributed by atoms with Crippen LogP contribution < -0.4 is 0 Å². The lowest BCUT2D eigenvalue weighted by atomic mass is 10.2. The van der Waals surface area contributed by atoms with Gasteiger partial charge in [-0.05, 0) is 0 Å². The van der Waals surface area contributed by atoms with Crippen molar-refractivity contribution in [1.29, 1.82) is 0 Å². The largest absolute Gasteiger partial charge is 0.382 e. The summed E-state index contributed by atoms with van der Waals surface area (Å²) in [5, 5.41) is 0. The first-order valence-corrected chi connectivity index (χ1v) is 4.15. The first kappa shape index (κ1) is 8.44. The molecule has 2 heterocycles. The van der Waals surface area contributed by atoms with Crippen molar-refractivity contribution in [3.05, 3.63) is 0 Å². The molecular weight excluding hydrogens is 160 g/mol. The van der Waals surface area contributed by atoms with Crippen LogP contribution >= 0.6 is 0 Å². The van der Waals surface area contributed by atoms with E-state index in [1.54, 1.807) is 14.2 Å². The second kappa shape index (κ2) is 3.30. The van der Waals surface area contributed by atoms with Gasteiger partial charge in [-0.15, -0.1) is 0 Å². The number of hydrogen-bond donors (Lipinski definition) is 0. The van der Waals surface area contributed by atoms with E-state index in [0.29, 0.717) is 13.2 Å². The fourth-order valence-electron chi connectivity index (χ4n) is 1.71. The van der Waals surface area contributed by atoms with E-state index in [2.05, 4.69) is 0 Å². The standard InChI is InChI=1S/C8H14O4/c1-9-3-5-7-8(12-7)6(11-5)4-10-2/h5-8H,3-4H2,1-2H3. The molecule has 4 heteroatoms. The molecule has 0 saturated carbocycles. The zero-order valence-electron chi connectivity index (χ0n) is 7.36. The summed E-state index contributed by atoms with van der Waals surface area (Å²) in [7, 11) is 3.34. The molecule has 0 aromatic carbocycles. The van der Waals surface area contributed by atoms with E-state index in [1.165, 1.54) is 0 Å². The molecule has 4 atom stereocenters. The lowest BCUT2D eigenvalue weighted by Gasteiger charge is -2.15. The van der Waals surface area contributed by atoms with Crippen LogP contribution in [0.1, 0.15) is 0 Å². The van der Waals surface area contributed by atoms with Crippen LogP contribution in [-0.4, -0.2) is 51.8 Å². The van der Waals surface area contributed by atoms with Gasteiger partial charge in [-0.1, -0.05) is 0 Å². The van der Waals surface area contributed by atoms with Crippen molar-refractivity contribution < 1.29 is 18.9 Å². The first-order valence-electron chi connectivity index (χ1n) is 4.15. The van der Waals surface area contributed by atoms with Gasteiger partial charge in [-0.2, -0.15) is 0 Å². The van der Waals surface area contributed by atoms with Gasteiger partial charge in [0.25, 0.3) is 0 Å².